The summed E-state index contributed by atoms with van der Waals surface area (Å²) in [5.74, 6) is -0.785. The number of nitrogens with zero attached hydrogens (tertiary/aromatic N) is 2. The van der Waals surface area contributed by atoms with Crippen molar-refractivity contribution in [2.24, 2.45) is 0 Å². The molecule has 2 aromatic rings. The van der Waals surface area contributed by atoms with E-state index < -0.39 is 5.97 Å². The summed E-state index contributed by atoms with van der Waals surface area (Å²) in [6, 6.07) is 10.8. The smallest absolute Gasteiger partial charge is 0.339 e. The van der Waals surface area contributed by atoms with Gasteiger partial charge in [-0.25, -0.2) is 4.79 Å². The summed E-state index contributed by atoms with van der Waals surface area (Å²) in [5, 5.41) is 2.91. The maximum Gasteiger partial charge on any atom is 0.339 e. The van der Waals surface area contributed by atoms with Crippen LogP contribution in [0.2, 0.25) is 0 Å². The van der Waals surface area contributed by atoms with Gasteiger partial charge in [0, 0.05) is 19.3 Å². The molecular weight excluding hydrogens is 306 g/mol. The van der Waals surface area contributed by atoms with Crippen molar-refractivity contribution in [3.63, 3.8) is 0 Å². The van der Waals surface area contributed by atoms with Gasteiger partial charge in [-0.15, -0.1) is 0 Å². The van der Waals surface area contributed by atoms with Crippen LogP contribution in [0.15, 0.2) is 42.6 Å². The minimum Gasteiger partial charge on any atom is -0.465 e. The molecule has 0 spiro atoms. The van der Waals surface area contributed by atoms with E-state index in [9.17, 15) is 9.59 Å². The Morgan fingerprint density at radius 2 is 1.88 bits per heavy atom. The zero-order valence-electron chi connectivity index (χ0n) is 13.5. The number of esters is 1. The first kappa shape index (κ1) is 16.0. The van der Waals surface area contributed by atoms with Crippen molar-refractivity contribution in [1.29, 1.82) is 0 Å². The van der Waals surface area contributed by atoms with E-state index >= 15 is 0 Å². The van der Waals surface area contributed by atoms with E-state index in [0.29, 0.717) is 5.56 Å². The van der Waals surface area contributed by atoms with E-state index in [1.165, 1.54) is 38.3 Å². The lowest BCUT2D eigenvalue weighted by atomic mass is 10.2. The van der Waals surface area contributed by atoms with Crippen LogP contribution in [0.25, 0.3) is 0 Å². The molecule has 1 aromatic carbocycles. The Morgan fingerprint density at radius 3 is 2.54 bits per heavy atom. The highest BCUT2D eigenvalue weighted by Gasteiger charge is 2.17. The average molecular weight is 325 g/mol. The van der Waals surface area contributed by atoms with Crippen LogP contribution in [0.5, 0.6) is 0 Å². The number of carbonyl (C=O) groups excluding carboxylic acids is 2. The summed E-state index contributed by atoms with van der Waals surface area (Å²) in [6.07, 6.45) is 3.67. The molecule has 1 fully saturated rings. The maximum absolute atomic E-state index is 12.4. The van der Waals surface area contributed by atoms with Gasteiger partial charge >= 0.3 is 5.97 Å². The van der Waals surface area contributed by atoms with Crippen molar-refractivity contribution in [1.82, 2.24) is 4.98 Å². The van der Waals surface area contributed by atoms with Gasteiger partial charge in [-0.3, -0.25) is 9.78 Å². The molecule has 0 aliphatic carbocycles. The summed E-state index contributed by atoms with van der Waals surface area (Å²) in [4.78, 5) is 30.1. The summed E-state index contributed by atoms with van der Waals surface area (Å²) in [6.45, 7) is 2.00. The van der Waals surface area contributed by atoms with E-state index in [-0.39, 0.29) is 11.6 Å². The average Bonchev–Trinajstić information content (AvgIpc) is 3.16. The fraction of sp³-hybridized carbons (Fsp3) is 0.278. The molecule has 0 atom stereocenters. The number of anilines is 2. The zero-order chi connectivity index (χ0) is 16.9. The van der Waals surface area contributed by atoms with Crippen LogP contribution >= 0.6 is 0 Å². The summed E-state index contributed by atoms with van der Waals surface area (Å²) < 4.78 is 4.62. The number of para-hydroxylation sites is 2. The van der Waals surface area contributed by atoms with Crippen molar-refractivity contribution in [2.45, 2.75) is 12.8 Å². The van der Waals surface area contributed by atoms with Crippen LogP contribution in [0.3, 0.4) is 0 Å². The van der Waals surface area contributed by atoms with Gasteiger partial charge in [-0.2, -0.15) is 0 Å². The van der Waals surface area contributed by atoms with Crippen molar-refractivity contribution >= 4 is 23.3 Å². The highest BCUT2D eigenvalue weighted by atomic mass is 16.5. The molecule has 1 amide bonds. The number of ether oxygens (including phenoxy) is 1. The molecule has 0 unspecified atom stereocenters. The SMILES string of the molecule is COC(=O)c1ccc(C(=O)Nc2ccccc2N2CCCC2)nc1. The molecule has 0 bridgehead atoms. The van der Waals surface area contributed by atoms with E-state index in [1.807, 2.05) is 24.3 Å². The van der Waals surface area contributed by atoms with Gasteiger partial charge in [0.1, 0.15) is 5.69 Å². The number of nitrogens with one attached hydrogen (secondary N) is 1. The van der Waals surface area contributed by atoms with Crippen molar-refractivity contribution in [3.05, 3.63) is 53.9 Å². The summed E-state index contributed by atoms with van der Waals surface area (Å²) in [7, 11) is 1.30. The normalized spacial score (nSPS) is 13.6. The Morgan fingerprint density at radius 1 is 1.12 bits per heavy atom. The van der Waals surface area contributed by atoms with Crippen LogP contribution in [0.1, 0.15) is 33.7 Å². The second kappa shape index (κ2) is 7.12. The van der Waals surface area contributed by atoms with Crippen molar-refractivity contribution < 1.29 is 14.3 Å². The lowest BCUT2D eigenvalue weighted by molar-refractivity contribution is 0.0600. The van der Waals surface area contributed by atoms with E-state index in [0.717, 1.165) is 24.5 Å². The Labute approximate surface area is 140 Å². The molecule has 0 radical (unpaired) electrons. The van der Waals surface area contributed by atoms with Crippen LogP contribution in [-0.2, 0) is 4.74 Å². The lowest BCUT2D eigenvalue weighted by Crippen LogP contribution is -2.21. The summed E-state index contributed by atoms with van der Waals surface area (Å²) >= 11 is 0. The first-order chi connectivity index (χ1) is 11.7. The molecule has 124 valence electrons. The number of carbonyl (C=O) groups is 2. The number of hydrogen-bond acceptors (Lipinski definition) is 5. The van der Waals surface area contributed by atoms with E-state index in [1.54, 1.807) is 0 Å². The van der Waals surface area contributed by atoms with Crippen LogP contribution in [-0.4, -0.2) is 37.1 Å². The largest absolute Gasteiger partial charge is 0.465 e. The van der Waals surface area contributed by atoms with Crippen LogP contribution in [0, 0.1) is 0 Å². The predicted octanol–water partition coefficient (Wildman–Crippen LogP) is 2.72. The minimum atomic E-state index is -0.478. The Hall–Kier alpha value is -2.89. The molecule has 6 nitrogen and oxygen atoms in total. The number of methoxy groups -OCH3 is 1. The van der Waals surface area contributed by atoms with Gasteiger partial charge < -0.3 is 15.0 Å². The zero-order valence-corrected chi connectivity index (χ0v) is 13.5. The fourth-order valence-electron chi connectivity index (χ4n) is 2.77. The Balaban J connectivity index is 1.76. The molecule has 1 saturated heterocycles. The molecule has 1 aliphatic heterocycles. The second-order valence-corrected chi connectivity index (χ2v) is 5.59. The molecule has 2 heterocycles. The number of rotatable bonds is 4. The molecule has 3 rings (SSSR count). The van der Waals surface area contributed by atoms with Gasteiger partial charge in [0.05, 0.1) is 24.0 Å². The minimum absolute atomic E-state index is 0.249. The third-order valence-electron chi connectivity index (χ3n) is 4.02. The number of aromatic nitrogens is 1. The molecule has 1 N–H and O–H groups in total. The fourth-order valence-corrected chi connectivity index (χ4v) is 2.77. The van der Waals surface area contributed by atoms with Gasteiger partial charge in [-0.1, -0.05) is 12.1 Å². The van der Waals surface area contributed by atoms with Crippen molar-refractivity contribution in [3.8, 4) is 0 Å². The second-order valence-electron chi connectivity index (χ2n) is 5.59. The van der Waals surface area contributed by atoms with E-state index in [2.05, 4.69) is 19.9 Å². The topological polar surface area (TPSA) is 71.5 Å². The number of pyridine rings is 1. The van der Waals surface area contributed by atoms with Gasteiger partial charge in [0.25, 0.3) is 5.91 Å². The third kappa shape index (κ3) is 3.37. The van der Waals surface area contributed by atoms with Crippen LogP contribution < -0.4 is 10.2 Å². The highest BCUT2D eigenvalue weighted by Crippen LogP contribution is 2.28. The quantitative estimate of drug-likeness (QED) is 0.875. The Kier molecular flexibility index (Phi) is 4.74. The van der Waals surface area contributed by atoms with E-state index in [4.69, 9.17) is 0 Å². The number of amides is 1. The maximum atomic E-state index is 12.4. The standard InChI is InChI=1S/C18H19N3O3/c1-24-18(23)13-8-9-15(19-12-13)17(22)20-14-6-2-3-7-16(14)21-10-4-5-11-21/h2-3,6-9,12H,4-5,10-11H2,1H3,(H,20,22). The van der Waals surface area contributed by atoms with Crippen molar-refractivity contribution in [2.75, 3.05) is 30.4 Å². The van der Waals surface area contributed by atoms with Gasteiger partial charge in [-0.05, 0) is 37.1 Å². The lowest BCUT2D eigenvalue weighted by Gasteiger charge is -2.21. The molecule has 24 heavy (non-hydrogen) atoms. The monoisotopic (exact) mass is 325 g/mol. The molecule has 1 aliphatic rings. The first-order valence-corrected chi connectivity index (χ1v) is 7.89. The molecule has 6 heteroatoms. The first-order valence-electron chi connectivity index (χ1n) is 7.89. The third-order valence-corrected chi connectivity index (χ3v) is 4.02. The van der Waals surface area contributed by atoms with Gasteiger partial charge in [0.15, 0.2) is 0 Å². The van der Waals surface area contributed by atoms with Gasteiger partial charge in [0.2, 0.25) is 0 Å². The molecule has 0 saturated carbocycles. The van der Waals surface area contributed by atoms with Crippen LogP contribution in [0.4, 0.5) is 11.4 Å². The highest BCUT2D eigenvalue weighted by molar-refractivity contribution is 6.05. The predicted molar refractivity (Wildman–Crippen MR) is 91.4 cm³/mol. The number of benzene rings is 1. The molecule has 1 aromatic heterocycles. The summed E-state index contributed by atoms with van der Waals surface area (Å²) in [5.41, 5.74) is 2.35. The Bertz CT molecular complexity index is 737. The molecular formula is C18H19N3O3. The number of hydrogen-bond donors (Lipinski definition) is 1.